The highest BCUT2D eigenvalue weighted by Gasteiger charge is 2.21. The predicted octanol–water partition coefficient (Wildman–Crippen LogP) is 0.279. The van der Waals surface area contributed by atoms with Crippen LogP contribution in [0.4, 0.5) is 5.95 Å². The highest BCUT2D eigenvalue weighted by Crippen LogP contribution is 2.22. The third-order valence-electron chi connectivity index (χ3n) is 5.75. The van der Waals surface area contributed by atoms with E-state index in [0.29, 0.717) is 29.0 Å². The number of hydrogen-bond donors (Lipinski definition) is 3. The Hall–Kier alpha value is -4.74. The minimum Gasteiger partial charge on any atom is -0.493 e. The van der Waals surface area contributed by atoms with Gasteiger partial charge in [0.05, 0.1) is 18.6 Å². The highest BCUT2D eigenvalue weighted by atomic mass is 16.3. The van der Waals surface area contributed by atoms with Crippen molar-refractivity contribution in [1.82, 2.24) is 39.1 Å². The third-order valence-corrected chi connectivity index (χ3v) is 5.75. The molecule has 0 bridgehead atoms. The van der Waals surface area contributed by atoms with Gasteiger partial charge in [-0.2, -0.15) is 19.6 Å². The van der Waals surface area contributed by atoms with Gasteiger partial charge in [-0.25, -0.2) is 14.8 Å². The molecule has 1 saturated carbocycles. The molecule has 12 nitrogen and oxygen atoms in total. The van der Waals surface area contributed by atoms with E-state index in [1.54, 1.807) is 29.3 Å². The lowest BCUT2D eigenvalue weighted by atomic mass is 10.2. The minimum absolute atomic E-state index is 0.240. The first-order valence-electron chi connectivity index (χ1n) is 11.1. The summed E-state index contributed by atoms with van der Waals surface area (Å²) >= 11 is 0. The molecular formula is C23H22N10O2. The maximum absolute atomic E-state index is 11.5. The largest absolute Gasteiger partial charge is 0.493 e. The smallest absolute Gasteiger partial charge is 0.326 e. The van der Waals surface area contributed by atoms with Gasteiger partial charge >= 0.3 is 5.69 Å². The Bertz CT molecular complexity index is 1680. The molecule has 3 N–H and O–H groups in total. The molecule has 0 amide bonds. The molecule has 176 valence electrons. The highest BCUT2D eigenvalue weighted by molar-refractivity contribution is 5.57. The Balaban J connectivity index is 1.38. The molecule has 0 unspecified atom stereocenters. The molecule has 1 aliphatic rings. The van der Waals surface area contributed by atoms with Gasteiger partial charge in [0.1, 0.15) is 5.69 Å². The molecular weight excluding hydrogens is 448 g/mol. The number of imidazole rings is 2. The Morgan fingerprint density at radius 2 is 2.06 bits per heavy atom. The number of hydrogen-bond acceptors (Lipinski definition) is 8. The van der Waals surface area contributed by atoms with Crippen molar-refractivity contribution < 1.29 is 5.11 Å². The summed E-state index contributed by atoms with van der Waals surface area (Å²) in [7, 11) is 1.92. The fourth-order valence-corrected chi connectivity index (χ4v) is 3.77. The van der Waals surface area contributed by atoms with Crippen LogP contribution in [0.1, 0.15) is 24.1 Å². The van der Waals surface area contributed by atoms with Crippen molar-refractivity contribution in [2.45, 2.75) is 25.4 Å². The number of fused-ring (bicyclic) bond motifs is 1. The van der Waals surface area contributed by atoms with Crippen molar-refractivity contribution >= 4 is 17.7 Å². The number of benzene rings is 1. The van der Waals surface area contributed by atoms with Gasteiger partial charge in [-0.05, 0) is 36.6 Å². The lowest BCUT2D eigenvalue weighted by Crippen LogP contribution is -2.28. The number of aromatic amines is 2. The number of rotatable bonds is 6. The zero-order chi connectivity index (χ0) is 23.9. The minimum atomic E-state index is -0.497. The Morgan fingerprint density at radius 1 is 1.23 bits per heavy atom. The standard InChI is InChI=1S/C23H22N10O2/c1-31(12-14-2-6-17(7-3-14)32-9-8-24-13-32)21-28-19-15(10-18-20(34)29-23(35)27-18)11-25-33(19)22(30-21)26-16-4-5-16/h2-3,6-11,13,16,34H,4-5,12H2,1H3,(H2,27,29,35)/b15-10+,26-22?. The van der Waals surface area contributed by atoms with Gasteiger partial charge in [0.2, 0.25) is 11.8 Å². The topological polar surface area (TPSA) is 145 Å². The maximum atomic E-state index is 11.5. The lowest BCUT2D eigenvalue weighted by molar-refractivity contribution is 0.454. The fraction of sp³-hybridized carbons (Fsp3) is 0.217. The van der Waals surface area contributed by atoms with E-state index < -0.39 is 5.69 Å². The summed E-state index contributed by atoms with van der Waals surface area (Å²) in [6.45, 7) is 0.586. The van der Waals surface area contributed by atoms with E-state index in [1.165, 1.54) is 0 Å². The SMILES string of the molecule is CN(Cc1ccc(-n2ccnc2)cc1)c1nc(=NC2CC2)n2nc/c(=C\c3[nH]c(=O)[nH]c3O)c2n1. The van der Waals surface area contributed by atoms with E-state index in [4.69, 9.17) is 9.98 Å². The van der Waals surface area contributed by atoms with E-state index in [1.807, 2.05) is 34.8 Å². The van der Waals surface area contributed by atoms with E-state index in [9.17, 15) is 9.90 Å². The molecule has 6 rings (SSSR count). The third kappa shape index (κ3) is 4.16. The molecule has 35 heavy (non-hydrogen) atoms. The average molecular weight is 470 g/mol. The van der Waals surface area contributed by atoms with Crippen LogP contribution in [0, 0.1) is 0 Å². The van der Waals surface area contributed by atoms with Crippen molar-refractivity contribution in [3.63, 3.8) is 0 Å². The van der Waals surface area contributed by atoms with E-state index in [2.05, 4.69) is 37.2 Å². The zero-order valence-corrected chi connectivity index (χ0v) is 18.8. The van der Waals surface area contributed by atoms with Crippen LogP contribution in [0.15, 0.2) is 59.0 Å². The monoisotopic (exact) mass is 470 g/mol. The molecule has 0 spiro atoms. The van der Waals surface area contributed by atoms with Crippen LogP contribution in [-0.2, 0) is 6.54 Å². The summed E-state index contributed by atoms with van der Waals surface area (Å²) in [5.74, 6) is 0.250. The quantitative estimate of drug-likeness (QED) is 0.323. The van der Waals surface area contributed by atoms with Crippen LogP contribution < -0.4 is 21.4 Å². The molecule has 4 heterocycles. The molecule has 1 aromatic carbocycles. The number of anilines is 1. The normalized spacial score (nSPS) is 14.8. The van der Waals surface area contributed by atoms with Crippen LogP contribution in [0.5, 0.6) is 5.88 Å². The lowest BCUT2D eigenvalue weighted by Gasteiger charge is -2.17. The molecule has 1 fully saturated rings. The van der Waals surface area contributed by atoms with Crippen molar-refractivity contribution in [3.05, 3.63) is 81.8 Å². The van der Waals surface area contributed by atoms with Crippen LogP contribution in [0.2, 0.25) is 0 Å². The van der Waals surface area contributed by atoms with Crippen molar-refractivity contribution in [2.24, 2.45) is 4.99 Å². The molecule has 5 aromatic rings. The Kier molecular flexibility index (Phi) is 4.90. The average Bonchev–Trinajstić information content (AvgIpc) is 3.20. The van der Waals surface area contributed by atoms with Gasteiger partial charge in [0, 0.05) is 36.9 Å². The van der Waals surface area contributed by atoms with Crippen LogP contribution in [0.25, 0.3) is 17.4 Å². The number of nitrogens with zero attached hydrogens (tertiary/aromatic N) is 8. The summed E-state index contributed by atoms with van der Waals surface area (Å²) < 4.78 is 3.53. The van der Waals surface area contributed by atoms with E-state index in [-0.39, 0.29) is 17.6 Å². The van der Waals surface area contributed by atoms with Crippen LogP contribution in [-0.4, -0.2) is 57.3 Å². The van der Waals surface area contributed by atoms with Crippen molar-refractivity contribution in [2.75, 3.05) is 11.9 Å². The maximum Gasteiger partial charge on any atom is 0.326 e. The van der Waals surface area contributed by atoms with Gasteiger partial charge in [-0.15, -0.1) is 0 Å². The first-order valence-corrected chi connectivity index (χ1v) is 11.1. The number of nitrogens with one attached hydrogen (secondary N) is 2. The van der Waals surface area contributed by atoms with Gasteiger partial charge in [-0.3, -0.25) is 4.98 Å². The van der Waals surface area contributed by atoms with Crippen LogP contribution in [0.3, 0.4) is 0 Å². The number of H-pyrrole nitrogens is 2. The summed E-state index contributed by atoms with van der Waals surface area (Å²) in [6.07, 6.45) is 10.7. The van der Waals surface area contributed by atoms with E-state index in [0.717, 1.165) is 24.1 Å². The summed E-state index contributed by atoms with van der Waals surface area (Å²) in [4.78, 5) is 36.6. The first-order chi connectivity index (χ1) is 17.0. The summed E-state index contributed by atoms with van der Waals surface area (Å²) in [5, 5.41) is 15.0. The molecule has 0 saturated heterocycles. The number of aromatic nitrogens is 8. The first kappa shape index (κ1) is 20.8. The van der Waals surface area contributed by atoms with Crippen molar-refractivity contribution in [3.8, 4) is 11.6 Å². The Labute approximate surface area is 198 Å². The van der Waals surface area contributed by atoms with Crippen LogP contribution >= 0.6 is 0 Å². The molecule has 4 aromatic heterocycles. The molecule has 1 aliphatic carbocycles. The van der Waals surface area contributed by atoms with Gasteiger partial charge in [0.15, 0.2) is 5.65 Å². The predicted molar refractivity (Wildman–Crippen MR) is 127 cm³/mol. The molecule has 0 aliphatic heterocycles. The molecule has 0 atom stereocenters. The van der Waals surface area contributed by atoms with Crippen molar-refractivity contribution in [1.29, 1.82) is 0 Å². The number of aromatic hydroxyl groups is 1. The summed E-state index contributed by atoms with van der Waals surface area (Å²) in [5.41, 5.74) is 2.87. The second-order valence-electron chi connectivity index (χ2n) is 8.50. The zero-order valence-electron chi connectivity index (χ0n) is 18.8. The van der Waals surface area contributed by atoms with Gasteiger partial charge in [-0.1, -0.05) is 12.1 Å². The fourth-order valence-electron chi connectivity index (χ4n) is 3.77. The molecule has 12 heteroatoms. The second kappa shape index (κ2) is 8.24. The van der Waals surface area contributed by atoms with E-state index >= 15 is 0 Å². The molecule has 0 radical (unpaired) electrons. The van der Waals surface area contributed by atoms with Gasteiger partial charge < -0.3 is 19.6 Å². The second-order valence-corrected chi connectivity index (χ2v) is 8.50. The summed E-state index contributed by atoms with van der Waals surface area (Å²) in [6, 6.07) is 8.43. The Morgan fingerprint density at radius 3 is 2.74 bits per heavy atom. The van der Waals surface area contributed by atoms with Gasteiger partial charge in [0.25, 0.3) is 5.62 Å².